The fourth-order valence-electron chi connectivity index (χ4n) is 3.38. The largest absolute Gasteiger partial charge is 0.328 e. The summed E-state index contributed by atoms with van der Waals surface area (Å²) in [5.74, 6) is -0.760. The second kappa shape index (κ2) is 17.7. The van der Waals surface area contributed by atoms with E-state index in [9.17, 15) is 4.79 Å². The summed E-state index contributed by atoms with van der Waals surface area (Å²) in [6.45, 7) is 10.4. The van der Waals surface area contributed by atoms with E-state index in [1.807, 2.05) is 20.8 Å². The highest BCUT2D eigenvalue weighted by atomic mass is 16.9. The van der Waals surface area contributed by atoms with Crippen molar-refractivity contribution < 1.29 is 19.0 Å². The lowest BCUT2D eigenvalue weighted by Gasteiger charge is -2.39. The van der Waals surface area contributed by atoms with Crippen molar-refractivity contribution in [3.63, 3.8) is 0 Å². The Balaban J connectivity index is 4.82. The molecule has 0 heterocycles. The topological polar surface area (TPSA) is 57.1 Å². The molecule has 0 bridgehead atoms. The van der Waals surface area contributed by atoms with Crippen LogP contribution in [0.25, 0.3) is 0 Å². The lowest BCUT2D eigenvalue weighted by Crippen LogP contribution is -2.46. The number of rotatable bonds is 19. The summed E-state index contributed by atoms with van der Waals surface area (Å²) in [5, 5.41) is 0. The molecule has 154 valence electrons. The third-order valence-electron chi connectivity index (χ3n) is 4.58. The van der Waals surface area contributed by atoms with Crippen LogP contribution >= 0.6 is 0 Å². The summed E-state index contributed by atoms with van der Waals surface area (Å²) in [7, 11) is 0. The van der Waals surface area contributed by atoms with E-state index < -0.39 is 5.97 Å². The summed E-state index contributed by atoms with van der Waals surface area (Å²) in [6.07, 6.45) is 13.0. The minimum atomic E-state index is -0.949. The quantitative estimate of drug-likeness (QED) is 0.128. The zero-order chi connectivity index (χ0) is 19.5. The number of isocyanates is 1. The number of carbonyl (C=O) groups excluding carboxylic acids is 1. The van der Waals surface area contributed by atoms with Gasteiger partial charge in [0, 0.05) is 25.7 Å². The van der Waals surface area contributed by atoms with Gasteiger partial charge in [0.1, 0.15) is 0 Å². The van der Waals surface area contributed by atoms with Crippen LogP contribution in [0.1, 0.15) is 91.9 Å². The first-order chi connectivity index (χ1) is 12.7. The second-order valence-electron chi connectivity index (χ2n) is 6.62. The molecule has 1 unspecified atom stereocenters. The Labute approximate surface area is 160 Å². The Morgan fingerprint density at radius 2 is 1.27 bits per heavy atom. The van der Waals surface area contributed by atoms with Crippen LogP contribution in [0.2, 0.25) is 0 Å². The Bertz CT molecular complexity index is 339. The van der Waals surface area contributed by atoms with Gasteiger partial charge in [-0.2, -0.15) is 0 Å². The van der Waals surface area contributed by atoms with Crippen LogP contribution in [0, 0.1) is 5.92 Å². The van der Waals surface area contributed by atoms with Crippen molar-refractivity contribution >= 4 is 6.08 Å². The summed E-state index contributed by atoms with van der Waals surface area (Å²) in [4.78, 5) is 13.9. The van der Waals surface area contributed by atoms with Crippen LogP contribution in [0.5, 0.6) is 0 Å². The summed E-state index contributed by atoms with van der Waals surface area (Å²) >= 11 is 0. The van der Waals surface area contributed by atoms with Crippen molar-refractivity contribution in [3.8, 4) is 0 Å². The Kier molecular flexibility index (Phi) is 17.2. The van der Waals surface area contributed by atoms with Crippen molar-refractivity contribution in [1.82, 2.24) is 0 Å². The Morgan fingerprint density at radius 3 is 1.77 bits per heavy atom. The van der Waals surface area contributed by atoms with E-state index in [1.165, 1.54) is 32.1 Å². The molecule has 0 aromatic carbocycles. The molecule has 5 nitrogen and oxygen atoms in total. The van der Waals surface area contributed by atoms with Crippen molar-refractivity contribution in [1.29, 1.82) is 0 Å². The highest BCUT2D eigenvalue weighted by Gasteiger charge is 2.41. The maximum Gasteiger partial charge on any atom is 0.285 e. The maximum atomic E-state index is 10.2. The number of ether oxygens (including phenoxy) is 3. The molecular formula is C21H41NO4. The predicted molar refractivity (Wildman–Crippen MR) is 106 cm³/mol. The minimum absolute atomic E-state index is 0.189. The highest BCUT2D eigenvalue weighted by molar-refractivity contribution is 5.32. The van der Waals surface area contributed by atoms with Crippen LogP contribution in [0.15, 0.2) is 4.99 Å². The van der Waals surface area contributed by atoms with Gasteiger partial charge in [0.15, 0.2) is 0 Å². The highest BCUT2D eigenvalue weighted by Crippen LogP contribution is 2.34. The van der Waals surface area contributed by atoms with Crippen LogP contribution in [0.4, 0.5) is 0 Å². The van der Waals surface area contributed by atoms with E-state index in [-0.39, 0.29) is 5.92 Å². The van der Waals surface area contributed by atoms with Crippen molar-refractivity contribution in [2.24, 2.45) is 10.9 Å². The van der Waals surface area contributed by atoms with Crippen molar-refractivity contribution in [2.45, 2.75) is 97.9 Å². The summed E-state index contributed by atoms with van der Waals surface area (Å²) in [5.41, 5.74) is 0. The fourth-order valence-corrected chi connectivity index (χ4v) is 3.38. The first-order valence-electron chi connectivity index (χ1n) is 10.7. The van der Waals surface area contributed by atoms with Crippen LogP contribution in [-0.2, 0) is 19.0 Å². The Morgan fingerprint density at radius 1 is 0.769 bits per heavy atom. The Hall–Kier alpha value is -0.740. The third-order valence-corrected chi connectivity index (χ3v) is 4.58. The number of aliphatic imine (C=N–C) groups is 1. The lowest BCUT2D eigenvalue weighted by molar-refractivity contribution is -0.403. The molecule has 0 aliphatic rings. The van der Waals surface area contributed by atoms with Crippen molar-refractivity contribution in [3.05, 3.63) is 0 Å². The van der Waals surface area contributed by atoms with E-state index >= 15 is 0 Å². The average molecular weight is 372 g/mol. The molecule has 5 heteroatoms. The van der Waals surface area contributed by atoms with Gasteiger partial charge in [0.05, 0.1) is 6.54 Å². The van der Waals surface area contributed by atoms with Crippen LogP contribution < -0.4 is 0 Å². The number of hydrogen-bond donors (Lipinski definition) is 0. The minimum Gasteiger partial charge on any atom is -0.328 e. The number of nitrogens with zero attached hydrogens (tertiary/aromatic N) is 1. The predicted octanol–water partition coefficient (Wildman–Crippen LogP) is 5.62. The number of hydrogen-bond acceptors (Lipinski definition) is 5. The molecule has 0 rings (SSSR count). The van der Waals surface area contributed by atoms with E-state index in [4.69, 9.17) is 14.2 Å². The monoisotopic (exact) mass is 371 g/mol. The normalized spacial score (nSPS) is 12.8. The van der Waals surface area contributed by atoms with Gasteiger partial charge in [-0.25, -0.2) is 9.79 Å². The standard InChI is InChI=1S/C21H41NO4/c1-5-9-10-11-12-13-16-20(17-14-15-18-22-19-23)21(24-6-2,25-7-3)26-8-4/h20H,5-18H2,1-4H3. The SMILES string of the molecule is CCCCCCCCC(CCCCN=C=O)C(OCC)(OCC)OCC. The van der Waals surface area contributed by atoms with Crippen molar-refractivity contribution in [2.75, 3.05) is 26.4 Å². The van der Waals surface area contributed by atoms with Gasteiger partial charge in [-0.15, -0.1) is 0 Å². The number of unbranched alkanes of at least 4 members (excludes halogenated alkanes) is 6. The first kappa shape index (κ1) is 25.3. The smallest absolute Gasteiger partial charge is 0.285 e. The van der Waals surface area contributed by atoms with E-state index in [0.717, 1.165) is 32.1 Å². The fraction of sp³-hybridized carbons (Fsp3) is 0.952. The molecular weight excluding hydrogens is 330 g/mol. The molecule has 1 atom stereocenters. The van der Waals surface area contributed by atoms with E-state index in [1.54, 1.807) is 6.08 Å². The zero-order valence-electron chi connectivity index (χ0n) is 17.6. The van der Waals surface area contributed by atoms with Crippen LogP contribution in [0.3, 0.4) is 0 Å². The summed E-state index contributed by atoms with van der Waals surface area (Å²) < 4.78 is 18.0. The second-order valence-corrected chi connectivity index (χ2v) is 6.62. The third kappa shape index (κ3) is 11.1. The van der Waals surface area contributed by atoms with Gasteiger partial charge in [0.25, 0.3) is 5.97 Å². The van der Waals surface area contributed by atoms with Gasteiger partial charge < -0.3 is 14.2 Å². The molecule has 0 radical (unpaired) electrons. The van der Waals surface area contributed by atoms with Gasteiger partial charge in [-0.1, -0.05) is 51.9 Å². The molecule has 0 fully saturated rings. The van der Waals surface area contributed by atoms with Gasteiger partial charge >= 0.3 is 0 Å². The molecule has 26 heavy (non-hydrogen) atoms. The van der Waals surface area contributed by atoms with Gasteiger partial charge in [-0.3, -0.25) is 0 Å². The van der Waals surface area contributed by atoms with Gasteiger partial charge in [-0.05, 0) is 40.0 Å². The molecule has 0 spiro atoms. The van der Waals surface area contributed by atoms with E-state index in [0.29, 0.717) is 26.4 Å². The molecule has 0 N–H and O–H groups in total. The summed E-state index contributed by atoms with van der Waals surface area (Å²) in [6, 6.07) is 0. The molecule has 0 aromatic heterocycles. The molecule has 0 saturated heterocycles. The molecule has 0 amide bonds. The average Bonchev–Trinajstić information content (AvgIpc) is 2.63. The van der Waals surface area contributed by atoms with E-state index in [2.05, 4.69) is 11.9 Å². The molecule has 0 aliphatic carbocycles. The lowest BCUT2D eigenvalue weighted by atomic mass is 9.92. The zero-order valence-corrected chi connectivity index (χ0v) is 17.6. The van der Waals surface area contributed by atoms with Crippen LogP contribution in [-0.4, -0.2) is 38.4 Å². The van der Waals surface area contributed by atoms with Gasteiger partial charge in [0.2, 0.25) is 6.08 Å². The molecule has 0 aliphatic heterocycles. The molecule has 0 saturated carbocycles. The maximum absolute atomic E-state index is 10.2. The molecule has 0 aromatic rings. The first-order valence-corrected chi connectivity index (χ1v) is 10.7.